The molecule has 0 radical (unpaired) electrons. The minimum absolute atomic E-state index is 0.337. The average molecular weight is 436 g/mol. The summed E-state index contributed by atoms with van der Waals surface area (Å²) in [5.74, 6) is -3.76. The first-order valence-corrected chi connectivity index (χ1v) is 10.4. The fourth-order valence-corrected chi connectivity index (χ4v) is 5.50. The van der Waals surface area contributed by atoms with E-state index in [1.807, 2.05) is 6.92 Å². The lowest BCUT2D eigenvalue weighted by Gasteiger charge is -2.43. The molecule has 1 unspecified atom stereocenters. The largest absolute Gasteiger partial charge is 0.494 e. The van der Waals surface area contributed by atoms with Crippen LogP contribution < -0.4 is 10.1 Å². The van der Waals surface area contributed by atoms with Gasteiger partial charge < -0.3 is 25.2 Å². The Hall–Kier alpha value is -2.75. The number of aliphatic carboxylic acids is 2. The third kappa shape index (κ3) is 3.96. The molecular formula is C20H24N2O7S. The highest BCUT2D eigenvalue weighted by Gasteiger charge is 2.64. The summed E-state index contributed by atoms with van der Waals surface area (Å²) in [7, 11) is 0. The zero-order chi connectivity index (χ0) is 22.2. The van der Waals surface area contributed by atoms with Crippen LogP contribution in [0.1, 0.15) is 38.7 Å². The van der Waals surface area contributed by atoms with E-state index in [9.17, 15) is 29.4 Å². The van der Waals surface area contributed by atoms with Crippen LogP contribution in [0.4, 0.5) is 0 Å². The van der Waals surface area contributed by atoms with E-state index in [0.717, 1.165) is 0 Å². The molecule has 2 fully saturated rings. The Bertz CT molecular complexity index is 870. The zero-order valence-electron chi connectivity index (χ0n) is 16.8. The minimum atomic E-state index is -1.15. The maximum absolute atomic E-state index is 12.5. The van der Waals surface area contributed by atoms with Crippen molar-refractivity contribution >= 4 is 35.5 Å². The van der Waals surface area contributed by atoms with Gasteiger partial charge in [-0.25, -0.2) is 4.79 Å². The van der Waals surface area contributed by atoms with E-state index in [1.54, 1.807) is 38.1 Å². The van der Waals surface area contributed by atoms with Gasteiger partial charge in [0.05, 0.1) is 12.5 Å². The second-order valence-corrected chi connectivity index (χ2v) is 9.51. The minimum Gasteiger partial charge on any atom is -0.494 e. The summed E-state index contributed by atoms with van der Waals surface area (Å²) in [6, 6.07) is 4.65. The average Bonchev–Trinajstić information content (AvgIpc) is 2.93. The van der Waals surface area contributed by atoms with Crippen LogP contribution in [0.15, 0.2) is 24.3 Å². The molecule has 4 atom stereocenters. The number of hydrogen-bond acceptors (Lipinski definition) is 6. The number of hydrogen-bond donors (Lipinski definition) is 3. The second kappa shape index (κ2) is 8.17. The Labute approximate surface area is 177 Å². The van der Waals surface area contributed by atoms with Crippen molar-refractivity contribution < 1.29 is 34.1 Å². The number of β-lactam (4-membered cyclic amide) rings is 1. The normalized spacial score (nSPS) is 25.1. The van der Waals surface area contributed by atoms with Crippen LogP contribution in [-0.4, -0.2) is 67.7 Å². The van der Waals surface area contributed by atoms with E-state index in [4.69, 9.17) is 4.74 Å². The van der Waals surface area contributed by atoms with Crippen molar-refractivity contribution in [3.05, 3.63) is 29.8 Å². The van der Waals surface area contributed by atoms with Crippen LogP contribution in [-0.2, 0) is 19.2 Å². The van der Waals surface area contributed by atoms with Crippen molar-refractivity contribution in [2.45, 2.75) is 55.3 Å². The number of rotatable bonds is 8. The molecule has 1 aromatic rings. The summed E-state index contributed by atoms with van der Waals surface area (Å²) in [6.07, 6.45) is -0.337. The number of nitrogens with zero attached hydrogens (tertiary/aromatic N) is 1. The number of amides is 2. The summed E-state index contributed by atoms with van der Waals surface area (Å²) in [5, 5.41) is 21.1. The maximum Gasteiger partial charge on any atom is 0.327 e. The number of nitrogens with one attached hydrogen (secondary N) is 1. The molecule has 0 saturated carbocycles. The molecule has 0 aliphatic carbocycles. The van der Waals surface area contributed by atoms with Gasteiger partial charge in [0, 0.05) is 11.2 Å². The highest BCUT2D eigenvalue weighted by atomic mass is 32.2. The van der Waals surface area contributed by atoms with Crippen LogP contribution in [0, 0.1) is 0 Å². The van der Waals surface area contributed by atoms with E-state index in [2.05, 4.69) is 5.32 Å². The highest BCUT2D eigenvalue weighted by molar-refractivity contribution is 8.01. The van der Waals surface area contributed by atoms with Crippen LogP contribution in [0.2, 0.25) is 0 Å². The van der Waals surface area contributed by atoms with Gasteiger partial charge in [-0.1, -0.05) is 12.1 Å². The van der Waals surface area contributed by atoms with Crippen LogP contribution >= 0.6 is 11.8 Å². The number of carbonyl (C=O) groups excluding carboxylic acids is 2. The lowest BCUT2D eigenvalue weighted by atomic mass is 9.94. The van der Waals surface area contributed by atoms with Crippen molar-refractivity contribution in [2.24, 2.45) is 0 Å². The van der Waals surface area contributed by atoms with E-state index >= 15 is 0 Å². The van der Waals surface area contributed by atoms with Crippen LogP contribution in [0.3, 0.4) is 0 Å². The number of thioether (sulfide) groups is 1. The molecule has 0 spiro atoms. The van der Waals surface area contributed by atoms with Crippen molar-refractivity contribution in [3.63, 3.8) is 0 Å². The number of ether oxygens (including phenoxy) is 1. The van der Waals surface area contributed by atoms with Crippen molar-refractivity contribution in [1.29, 1.82) is 0 Å². The molecule has 30 heavy (non-hydrogen) atoms. The summed E-state index contributed by atoms with van der Waals surface area (Å²) in [5.41, 5.74) is 0.449. The van der Waals surface area contributed by atoms with Gasteiger partial charge in [-0.15, -0.1) is 11.8 Å². The standard InChI is InChI=1S/C20H24N2O7S/c1-4-29-11-7-5-10(6-8-11)12(18(25)26)9-13(23)21-14-16(24)22-15(19(27)28)20(2,3)30-17(14)22/h5-8,12,14-15,17H,4,9H2,1-3H3,(H,21,23)(H,25,26)(H,27,28)/t12?,14-,15+,17-/m1/s1. The molecule has 2 heterocycles. The predicted octanol–water partition coefficient (Wildman–Crippen LogP) is 1.28. The molecule has 2 aliphatic rings. The first kappa shape index (κ1) is 21.9. The third-order valence-electron chi connectivity index (χ3n) is 5.27. The molecule has 9 nitrogen and oxygen atoms in total. The van der Waals surface area contributed by atoms with Gasteiger partial charge in [0.15, 0.2) is 0 Å². The molecule has 10 heteroatoms. The number of carboxylic acid groups (broad SMARTS) is 2. The Morgan fingerprint density at radius 3 is 2.40 bits per heavy atom. The molecule has 1 aromatic carbocycles. The first-order valence-electron chi connectivity index (χ1n) is 9.54. The molecule has 2 aliphatic heterocycles. The Kier molecular flexibility index (Phi) is 5.98. The molecule has 3 rings (SSSR count). The number of carboxylic acids is 2. The van der Waals surface area contributed by atoms with E-state index < -0.39 is 51.9 Å². The first-order chi connectivity index (χ1) is 14.1. The fraction of sp³-hybridized carbons (Fsp3) is 0.500. The van der Waals surface area contributed by atoms with Gasteiger partial charge in [-0.3, -0.25) is 14.4 Å². The number of fused-ring (bicyclic) bond motifs is 1. The smallest absolute Gasteiger partial charge is 0.327 e. The fourth-order valence-electron chi connectivity index (χ4n) is 3.87. The SMILES string of the molecule is CCOc1ccc(C(CC(=O)N[C@@H]2C(=O)N3[C@@H]2SC(C)(C)[C@@H]3C(=O)O)C(=O)O)cc1. The van der Waals surface area contributed by atoms with Gasteiger partial charge in [0.2, 0.25) is 11.8 Å². The van der Waals surface area contributed by atoms with Crippen molar-refractivity contribution in [2.75, 3.05) is 6.61 Å². The van der Waals surface area contributed by atoms with Gasteiger partial charge in [-0.05, 0) is 38.5 Å². The summed E-state index contributed by atoms with van der Waals surface area (Å²) in [6.45, 7) is 5.81. The molecular weight excluding hydrogens is 412 g/mol. The Balaban J connectivity index is 1.66. The quantitative estimate of drug-likeness (QED) is 0.519. The topological polar surface area (TPSA) is 133 Å². The molecule has 0 bridgehead atoms. The third-order valence-corrected chi connectivity index (χ3v) is 6.84. The number of carbonyl (C=O) groups is 4. The Morgan fingerprint density at radius 1 is 1.23 bits per heavy atom. The summed E-state index contributed by atoms with van der Waals surface area (Å²) >= 11 is 1.31. The van der Waals surface area contributed by atoms with Gasteiger partial charge in [0.1, 0.15) is 23.2 Å². The Morgan fingerprint density at radius 2 is 1.87 bits per heavy atom. The van der Waals surface area contributed by atoms with Gasteiger partial charge in [0.25, 0.3) is 0 Å². The molecule has 2 amide bonds. The highest BCUT2D eigenvalue weighted by Crippen LogP contribution is 2.50. The maximum atomic E-state index is 12.5. The van der Waals surface area contributed by atoms with E-state index in [1.165, 1.54) is 16.7 Å². The predicted molar refractivity (Wildman–Crippen MR) is 108 cm³/mol. The van der Waals surface area contributed by atoms with Gasteiger partial charge >= 0.3 is 11.9 Å². The summed E-state index contributed by atoms with van der Waals surface area (Å²) in [4.78, 5) is 49.5. The molecule has 2 saturated heterocycles. The molecule has 0 aromatic heterocycles. The van der Waals surface area contributed by atoms with Crippen molar-refractivity contribution in [1.82, 2.24) is 10.2 Å². The molecule has 162 valence electrons. The van der Waals surface area contributed by atoms with E-state index in [0.29, 0.717) is 17.9 Å². The monoisotopic (exact) mass is 436 g/mol. The number of benzene rings is 1. The lowest BCUT2D eigenvalue weighted by molar-refractivity contribution is -0.161. The molecule has 3 N–H and O–H groups in total. The second-order valence-electron chi connectivity index (χ2n) is 7.74. The van der Waals surface area contributed by atoms with Crippen LogP contribution in [0.5, 0.6) is 5.75 Å². The zero-order valence-corrected chi connectivity index (χ0v) is 17.6. The van der Waals surface area contributed by atoms with E-state index in [-0.39, 0.29) is 6.42 Å². The lowest BCUT2D eigenvalue weighted by Crippen LogP contribution is -2.70. The summed E-state index contributed by atoms with van der Waals surface area (Å²) < 4.78 is 4.64. The van der Waals surface area contributed by atoms with Gasteiger partial charge in [-0.2, -0.15) is 0 Å². The van der Waals surface area contributed by atoms with Crippen LogP contribution in [0.25, 0.3) is 0 Å². The van der Waals surface area contributed by atoms with Crippen molar-refractivity contribution in [3.8, 4) is 5.75 Å².